The number of carbonyl (C=O) groups excluding carboxylic acids is 1. The molecule has 0 saturated heterocycles. The lowest BCUT2D eigenvalue weighted by Crippen LogP contribution is -2.14. The van der Waals surface area contributed by atoms with Crippen LogP contribution in [0.5, 0.6) is 5.88 Å². The first-order chi connectivity index (χ1) is 15.4. The zero-order valence-electron chi connectivity index (χ0n) is 17.8. The van der Waals surface area contributed by atoms with Crippen LogP contribution in [-0.2, 0) is 11.3 Å². The third-order valence-electron chi connectivity index (χ3n) is 4.81. The number of hydrogen-bond donors (Lipinski definition) is 2. The smallest absolute Gasteiger partial charge is 0.338 e. The Morgan fingerprint density at radius 2 is 2.12 bits per heavy atom. The van der Waals surface area contributed by atoms with E-state index in [4.69, 9.17) is 15.2 Å². The van der Waals surface area contributed by atoms with Crippen molar-refractivity contribution in [2.75, 3.05) is 19.9 Å². The van der Waals surface area contributed by atoms with Crippen molar-refractivity contribution >= 4 is 11.8 Å². The fraction of sp³-hybridized carbons (Fsp3) is 0.217. The molecule has 0 bridgehead atoms. The first kappa shape index (κ1) is 22.7. The van der Waals surface area contributed by atoms with Crippen LogP contribution >= 0.6 is 0 Å². The minimum Gasteiger partial charge on any atom is -0.467 e. The number of halogens is 1. The number of methoxy groups -OCH3 is 1. The number of nitriles is 1. The van der Waals surface area contributed by atoms with Gasteiger partial charge in [0.05, 0.1) is 36.2 Å². The van der Waals surface area contributed by atoms with Crippen LogP contribution in [0.1, 0.15) is 40.1 Å². The van der Waals surface area contributed by atoms with Crippen LogP contribution in [0.2, 0.25) is 0 Å². The predicted octanol–water partition coefficient (Wildman–Crippen LogP) is 3.38. The van der Waals surface area contributed by atoms with Crippen molar-refractivity contribution in [1.29, 1.82) is 5.26 Å². The molecule has 1 unspecified atom stereocenters. The van der Waals surface area contributed by atoms with Crippen molar-refractivity contribution in [3.8, 4) is 23.2 Å². The summed E-state index contributed by atoms with van der Waals surface area (Å²) in [6.45, 7) is 2.14. The lowest BCUT2D eigenvalue weighted by molar-refractivity contribution is 0.0595. The van der Waals surface area contributed by atoms with E-state index in [1.54, 1.807) is 26.1 Å². The molecule has 8 nitrogen and oxygen atoms in total. The monoisotopic (exact) mass is 435 g/mol. The third-order valence-corrected chi connectivity index (χ3v) is 4.81. The summed E-state index contributed by atoms with van der Waals surface area (Å²) in [6.07, 6.45) is 0.666. The van der Waals surface area contributed by atoms with Crippen LogP contribution in [0.25, 0.3) is 11.3 Å². The Hall–Kier alpha value is -4.03. The topological polar surface area (TPSA) is 123 Å². The van der Waals surface area contributed by atoms with Crippen molar-refractivity contribution in [3.63, 3.8) is 0 Å². The second-order valence-corrected chi connectivity index (χ2v) is 6.91. The number of nitrogens with one attached hydrogen (secondary N) is 1. The molecule has 0 aliphatic rings. The fourth-order valence-electron chi connectivity index (χ4n) is 3.32. The summed E-state index contributed by atoms with van der Waals surface area (Å²) in [4.78, 5) is 20.7. The van der Waals surface area contributed by atoms with E-state index < -0.39 is 17.9 Å². The molecule has 3 aromatic rings. The van der Waals surface area contributed by atoms with Gasteiger partial charge in [-0.3, -0.25) is 0 Å². The van der Waals surface area contributed by atoms with Crippen molar-refractivity contribution in [3.05, 3.63) is 70.7 Å². The fourth-order valence-corrected chi connectivity index (χ4v) is 3.32. The number of benzene rings is 2. The summed E-state index contributed by atoms with van der Waals surface area (Å²) in [6, 6.07) is 11.2. The van der Waals surface area contributed by atoms with Gasteiger partial charge >= 0.3 is 5.97 Å². The molecule has 3 rings (SSSR count). The molecule has 0 amide bonds. The standard InChI is InChI=1S/C23H22FN5O3/c1-13(18-9-16(24)7-8-17(18)23(30)31-3)32-22-21(26)28-12-19(29-22)20-14(10-25)5-4-6-15(20)11-27-2/h4-9,12-13,27H,11H2,1-3H3,(H2,26,28). The minimum absolute atomic E-state index is 0.00164. The Morgan fingerprint density at radius 3 is 2.81 bits per heavy atom. The Bertz CT molecular complexity index is 1190. The summed E-state index contributed by atoms with van der Waals surface area (Å²) in [5.74, 6) is -1.14. The molecule has 1 heterocycles. The van der Waals surface area contributed by atoms with Crippen molar-refractivity contribution in [2.45, 2.75) is 19.6 Å². The van der Waals surface area contributed by atoms with E-state index in [2.05, 4.69) is 21.4 Å². The highest BCUT2D eigenvalue weighted by molar-refractivity contribution is 5.91. The van der Waals surface area contributed by atoms with Crippen LogP contribution in [0.15, 0.2) is 42.6 Å². The number of carbonyl (C=O) groups is 1. The van der Waals surface area contributed by atoms with Crippen LogP contribution in [0.4, 0.5) is 10.2 Å². The maximum Gasteiger partial charge on any atom is 0.338 e. The van der Waals surface area contributed by atoms with Crippen LogP contribution in [0.3, 0.4) is 0 Å². The third kappa shape index (κ3) is 4.66. The number of nitrogens with two attached hydrogens (primary N) is 1. The van der Waals surface area contributed by atoms with Crippen LogP contribution in [-0.4, -0.2) is 30.1 Å². The molecule has 1 aromatic heterocycles. The molecule has 0 aliphatic carbocycles. The highest BCUT2D eigenvalue weighted by Crippen LogP contribution is 2.31. The van der Waals surface area contributed by atoms with Gasteiger partial charge in [0.2, 0.25) is 0 Å². The summed E-state index contributed by atoms with van der Waals surface area (Å²) < 4.78 is 24.5. The summed E-state index contributed by atoms with van der Waals surface area (Å²) in [7, 11) is 3.04. The number of ether oxygens (including phenoxy) is 2. The van der Waals surface area contributed by atoms with Gasteiger partial charge in [0.1, 0.15) is 11.9 Å². The van der Waals surface area contributed by atoms with Crippen molar-refractivity contribution < 1.29 is 18.7 Å². The highest BCUT2D eigenvalue weighted by atomic mass is 19.1. The largest absolute Gasteiger partial charge is 0.467 e. The molecule has 0 spiro atoms. The zero-order chi connectivity index (χ0) is 23.3. The van der Waals surface area contributed by atoms with Gasteiger partial charge in [-0.15, -0.1) is 0 Å². The van der Waals surface area contributed by atoms with Gasteiger partial charge in [0, 0.05) is 17.7 Å². The molecular formula is C23H22FN5O3. The molecule has 3 N–H and O–H groups in total. The zero-order valence-corrected chi connectivity index (χ0v) is 17.8. The number of nitrogen functional groups attached to an aromatic ring is 1. The van der Waals surface area contributed by atoms with Crippen LogP contribution < -0.4 is 15.8 Å². The first-order valence-electron chi connectivity index (χ1n) is 9.73. The number of hydrogen-bond acceptors (Lipinski definition) is 8. The van der Waals surface area contributed by atoms with Gasteiger partial charge in [-0.25, -0.2) is 19.2 Å². The maximum absolute atomic E-state index is 13.9. The van der Waals surface area contributed by atoms with Crippen molar-refractivity contribution in [1.82, 2.24) is 15.3 Å². The molecule has 2 aromatic carbocycles. The lowest BCUT2D eigenvalue weighted by atomic mass is 9.99. The van der Waals surface area contributed by atoms with E-state index in [0.717, 1.165) is 5.56 Å². The molecule has 0 fully saturated rings. The van der Waals surface area contributed by atoms with E-state index in [1.807, 2.05) is 6.07 Å². The number of anilines is 1. The predicted molar refractivity (Wildman–Crippen MR) is 116 cm³/mol. The van der Waals surface area contributed by atoms with Gasteiger partial charge < -0.3 is 20.5 Å². The molecule has 0 radical (unpaired) electrons. The SMILES string of the molecule is CNCc1cccc(C#N)c1-c1cnc(N)c(OC(C)c2cc(F)ccc2C(=O)OC)n1. The summed E-state index contributed by atoms with van der Waals surface area (Å²) in [5, 5.41) is 12.6. The lowest BCUT2D eigenvalue weighted by Gasteiger charge is -2.19. The molecule has 32 heavy (non-hydrogen) atoms. The van der Waals surface area contributed by atoms with Crippen molar-refractivity contribution in [2.24, 2.45) is 0 Å². The molecule has 164 valence electrons. The average molecular weight is 435 g/mol. The highest BCUT2D eigenvalue weighted by Gasteiger charge is 2.21. The van der Waals surface area contributed by atoms with Gasteiger partial charge in [-0.2, -0.15) is 5.26 Å². The quantitative estimate of drug-likeness (QED) is 0.542. The Balaban J connectivity index is 2.03. The maximum atomic E-state index is 13.9. The Labute approximate surface area is 184 Å². The van der Waals surface area contributed by atoms with E-state index >= 15 is 0 Å². The Kier molecular flexibility index (Phi) is 6.97. The number of esters is 1. The Morgan fingerprint density at radius 1 is 1.34 bits per heavy atom. The number of aromatic nitrogens is 2. The summed E-state index contributed by atoms with van der Waals surface area (Å²) >= 11 is 0. The molecule has 0 saturated carbocycles. The van der Waals surface area contributed by atoms with Gasteiger partial charge in [-0.1, -0.05) is 12.1 Å². The number of rotatable bonds is 7. The number of nitrogens with zero attached hydrogens (tertiary/aromatic N) is 3. The second-order valence-electron chi connectivity index (χ2n) is 6.91. The average Bonchev–Trinajstić information content (AvgIpc) is 2.80. The van der Waals surface area contributed by atoms with E-state index in [0.29, 0.717) is 23.4 Å². The van der Waals surface area contributed by atoms with E-state index in [9.17, 15) is 14.4 Å². The minimum atomic E-state index is -0.797. The van der Waals surface area contributed by atoms with Crippen LogP contribution in [0, 0.1) is 17.1 Å². The molecule has 9 heteroatoms. The first-order valence-corrected chi connectivity index (χ1v) is 9.73. The molecular weight excluding hydrogens is 413 g/mol. The second kappa shape index (κ2) is 9.85. The molecule has 0 aliphatic heterocycles. The van der Waals surface area contributed by atoms with E-state index in [-0.39, 0.29) is 22.8 Å². The molecule has 1 atom stereocenters. The normalized spacial score (nSPS) is 11.5. The van der Waals surface area contributed by atoms with E-state index in [1.165, 1.54) is 31.5 Å². The van der Waals surface area contributed by atoms with Gasteiger partial charge in [-0.05, 0) is 43.8 Å². The van der Waals surface area contributed by atoms with Gasteiger partial charge in [0.15, 0.2) is 5.82 Å². The summed E-state index contributed by atoms with van der Waals surface area (Å²) in [5.41, 5.74) is 8.69. The van der Waals surface area contributed by atoms with Gasteiger partial charge in [0.25, 0.3) is 5.88 Å².